The molecule has 0 spiro atoms. The van der Waals surface area contributed by atoms with E-state index in [0.717, 1.165) is 11.3 Å². The van der Waals surface area contributed by atoms with Gasteiger partial charge in [-0.25, -0.2) is 14.4 Å². The number of benzene rings is 1. The van der Waals surface area contributed by atoms with Crippen LogP contribution in [0.15, 0.2) is 35.2 Å². The lowest BCUT2D eigenvalue weighted by atomic mass is 10.2. The van der Waals surface area contributed by atoms with Crippen LogP contribution < -0.4 is 5.32 Å². The molecule has 0 saturated heterocycles. The van der Waals surface area contributed by atoms with Gasteiger partial charge in [0.05, 0.1) is 0 Å². The van der Waals surface area contributed by atoms with Crippen LogP contribution in [0.1, 0.15) is 11.4 Å². The molecule has 0 radical (unpaired) electrons. The fraction of sp³-hybridized carbons (Fsp3) is 0.143. The van der Waals surface area contributed by atoms with Crippen molar-refractivity contribution in [3.63, 3.8) is 0 Å². The van der Waals surface area contributed by atoms with Crippen LogP contribution in [0.5, 0.6) is 0 Å². The molecule has 21 heavy (non-hydrogen) atoms. The summed E-state index contributed by atoms with van der Waals surface area (Å²) in [7, 11) is 0. The third-order valence-corrected chi connectivity index (χ3v) is 2.91. The summed E-state index contributed by atoms with van der Waals surface area (Å²) >= 11 is 0. The van der Waals surface area contributed by atoms with E-state index in [1.807, 2.05) is 6.92 Å². The number of aromatic nitrogens is 4. The van der Waals surface area contributed by atoms with Gasteiger partial charge in [0.25, 0.3) is 5.89 Å². The van der Waals surface area contributed by atoms with Gasteiger partial charge in [0.1, 0.15) is 23.5 Å². The number of rotatable bonds is 3. The molecule has 6 nitrogen and oxygen atoms in total. The van der Waals surface area contributed by atoms with Gasteiger partial charge in [-0.05, 0) is 37.6 Å². The molecule has 7 heteroatoms. The van der Waals surface area contributed by atoms with E-state index in [9.17, 15) is 4.39 Å². The summed E-state index contributed by atoms with van der Waals surface area (Å²) in [6.45, 7) is 3.54. The molecule has 0 fully saturated rings. The van der Waals surface area contributed by atoms with Crippen LogP contribution in [0.2, 0.25) is 0 Å². The van der Waals surface area contributed by atoms with Gasteiger partial charge >= 0.3 is 0 Å². The zero-order chi connectivity index (χ0) is 14.8. The van der Waals surface area contributed by atoms with Crippen LogP contribution >= 0.6 is 0 Å². The highest BCUT2D eigenvalue weighted by Gasteiger charge is 2.14. The lowest BCUT2D eigenvalue weighted by molar-refractivity contribution is 0.425. The molecule has 1 N–H and O–H groups in total. The summed E-state index contributed by atoms with van der Waals surface area (Å²) in [5.41, 5.74) is 2.09. The molecule has 0 unspecified atom stereocenters. The maximum atomic E-state index is 13.1. The van der Waals surface area contributed by atoms with Crippen molar-refractivity contribution in [1.29, 1.82) is 0 Å². The van der Waals surface area contributed by atoms with Crippen LogP contribution in [0, 0.1) is 19.7 Å². The Morgan fingerprint density at radius 2 is 2.10 bits per heavy atom. The van der Waals surface area contributed by atoms with Crippen LogP contribution in [0.25, 0.3) is 11.5 Å². The van der Waals surface area contributed by atoms with E-state index in [2.05, 4.69) is 25.4 Å². The monoisotopic (exact) mass is 285 g/mol. The molecule has 0 amide bonds. The summed E-state index contributed by atoms with van der Waals surface area (Å²) in [5, 5.41) is 6.88. The molecule has 0 aliphatic rings. The molecule has 2 heterocycles. The van der Waals surface area contributed by atoms with Crippen LogP contribution in [0.3, 0.4) is 0 Å². The number of hydrogen-bond acceptors (Lipinski definition) is 6. The number of nitrogens with one attached hydrogen (secondary N) is 1. The maximum absolute atomic E-state index is 13.1. The van der Waals surface area contributed by atoms with E-state index >= 15 is 0 Å². The second-order valence-corrected chi connectivity index (χ2v) is 4.52. The Labute approximate surface area is 120 Å². The Morgan fingerprint density at radius 3 is 2.81 bits per heavy atom. The molecule has 2 aromatic heterocycles. The highest BCUT2D eigenvalue weighted by molar-refractivity contribution is 5.73. The molecule has 1 aromatic carbocycles. The number of hydrogen-bond donors (Lipinski definition) is 1. The first-order chi connectivity index (χ1) is 10.1. The molecule has 106 valence electrons. The normalized spacial score (nSPS) is 10.6. The summed E-state index contributed by atoms with van der Waals surface area (Å²) in [6.07, 6.45) is 3.00. The highest BCUT2D eigenvalue weighted by Crippen LogP contribution is 2.27. The van der Waals surface area contributed by atoms with Crippen molar-refractivity contribution in [2.45, 2.75) is 13.8 Å². The fourth-order valence-corrected chi connectivity index (χ4v) is 1.89. The van der Waals surface area contributed by atoms with Crippen molar-refractivity contribution >= 4 is 11.5 Å². The van der Waals surface area contributed by atoms with Crippen molar-refractivity contribution in [2.75, 3.05) is 5.32 Å². The van der Waals surface area contributed by atoms with Crippen molar-refractivity contribution in [1.82, 2.24) is 20.1 Å². The van der Waals surface area contributed by atoms with Crippen molar-refractivity contribution in [3.05, 3.63) is 47.9 Å². The molecule has 0 aliphatic carbocycles. The minimum Gasteiger partial charge on any atom is -0.339 e. The number of anilines is 2. The first-order valence-electron chi connectivity index (χ1n) is 6.27. The van der Waals surface area contributed by atoms with Gasteiger partial charge in [-0.3, -0.25) is 0 Å². The third-order valence-electron chi connectivity index (χ3n) is 2.91. The Balaban J connectivity index is 1.99. The average Bonchev–Trinajstić information content (AvgIpc) is 2.89. The van der Waals surface area contributed by atoms with Gasteiger partial charge in [0, 0.05) is 11.9 Å². The topological polar surface area (TPSA) is 76.7 Å². The Hall–Kier alpha value is -2.83. The van der Waals surface area contributed by atoms with E-state index in [1.54, 1.807) is 19.2 Å². The fourth-order valence-electron chi connectivity index (χ4n) is 1.89. The summed E-state index contributed by atoms with van der Waals surface area (Å²) in [6, 6.07) is 4.47. The van der Waals surface area contributed by atoms with Crippen molar-refractivity contribution < 1.29 is 8.91 Å². The van der Waals surface area contributed by atoms with E-state index in [1.165, 1.54) is 18.5 Å². The molecule has 0 bridgehead atoms. The number of halogens is 1. The SMILES string of the molecule is Cc1noc(-c2cncnc2Nc2ccc(F)cc2C)n1. The summed E-state index contributed by atoms with van der Waals surface area (Å²) in [4.78, 5) is 12.3. The van der Waals surface area contributed by atoms with Gasteiger partial charge in [-0.15, -0.1) is 0 Å². The van der Waals surface area contributed by atoms with E-state index in [4.69, 9.17) is 4.52 Å². The molecule has 0 saturated carbocycles. The molecular weight excluding hydrogens is 273 g/mol. The van der Waals surface area contributed by atoms with Crippen LogP contribution in [0.4, 0.5) is 15.9 Å². The van der Waals surface area contributed by atoms with E-state index < -0.39 is 0 Å². The van der Waals surface area contributed by atoms with E-state index in [0.29, 0.717) is 23.1 Å². The van der Waals surface area contributed by atoms with Gasteiger partial charge in [0.15, 0.2) is 5.82 Å². The standard InChI is InChI=1S/C14H12FN5O/c1-8-5-10(15)3-4-12(8)19-13-11(6-16-7-17-13)14-18-9(2)20-21-14/h3-7H,1-2H3,(H,16,17,19). The molecular formula is C14H12FN5O. The predicted molar refractivity (Wildman–Crippen MR) is 74.5 cm³/mol. The van der Waals surface area contributed by atoms with Crippen molar-refractivity contribution in [2.24, 2.45) is 0 Å². The van der Waals surface area contributed by atoms with Gasteiger partial charge < -0.3 is 9.84 Å². The van der Waals surface area contributed by atoms with Gasteiger partial charge in [-0.2, -0.15) is 4.98 Å². The predicted octanol–water partition coefficient (Wildman–Crippen LogP) is 3.03. The lowest BCUT2D eigenvalue weighted by Crippen LogP contribution is -1.99. The second kappa shape index (κ2) is 5.28. The third kappa shape index (κ3) is 2.71. The highest BCUT2D eigenvalue weighted by atomic mass is 19.1. The second-order valence-electron chi connectivity index (χ2n) is 4.52. The number of aryl methyl sites for hydroxylation is 2. The first kappa shape index (κ1) is 13.2. The maximum Gasteiger partial charge on any atom is 0.263 e. The van der Waals surface area contributed by atoms with Gasteiger partial charge in [0.2, 0.25) is 0 Å². The number of nitrogens with zero attached hydrogens (tertiary/aromatic N) is 4. The smallest absolute Gasteiger partial charge is 0.263 e. The average molecular weight is 285 g/mol. The Kier molecular flexibility index (Phi) is 3.31. The lowest BCUT2D eigenvalue weighted by Gasteiger charge is -2.10. The largest absolute Gasteiger partial charge is 0.339 e. The Bertz CT molecular complexity index is 787. The minimum atomic E-state index is -0.284. The zero-order valence-corrected chi connectivity index (χ0v) is 11.5. The van der Waals surface area contributed by atoms with E-state index in [-0.39, 0.29) is 5.82 Å². The summed E-state index contributed by atoms with van der Waals surface area (Å²) < 4.78 is 18.3. The molecule has 3 aromatic rings. The Morgan fingerprint density at radius 1 is 1.24 bits per heavy atom. The first-order valence-corrected chi connectivity index (χ1v) is 6.27. The molecule has 0 atom stereocenters. The molecule has 3 rings (SSSR count). The van der Waals surface area contributed by atoms with Crippen LogP contribution in [-0.2, 0) is 0 Å². The van der Waals surface area contributed by atoms with Crippen LogP contribution in [-0.4, -0.2) is 20.1 Å². The quantitative estimate of drug-likeness (QED) is 0.797. The molecule has 0 aliphatic heterocycles. The zero-order valence-electron chi connectivity index (χ0n) is 11.5. The van der Waals surface area contributed by atoms with Crippen molar-refractivity contribution in [3.8, 4) is 11.5 Å². The summed E-state index contributed by atoms with van der Waals surface area (Å²) in [5.74, 6) is 1.09. The van der Waals surface area contributed by atoms with Gasteiger partial charge in [-0.1, -0.05) is 5.16 Å². The minimum absolute atomic E-state index is 0.284.